The predicted molar refractivity (Wildman–Crippen MR) is 77.7 cm³/mol. The first-order valence-corrected chi connectivity index (χ1v) is 6.56. The lowest BCUT2D eigenvalue weighted by molar-refractivity contribution is 0.102. The molecule has 6 nitrogen and oxygen atoms in total. The molecule has 1 amide bonds. The molecule has 0 atom stereocenters. The van der Waals surface area contributed by atoms with Gasteiger partial charge in [-0.1, -0.05) is 12.1 Å². The molecule has 2 heterocycles. The van der Waals surface area contributed by atoms with E-state index in [2.05, 4.69) is 20.4 Å². The molecule has 110 valence electrons. The number of amides is 1. The highest BCUT2D eigenvalue weighted by Crippen LogP contribution is 2.07. The highest BCUT2D eigenvalue weighted by atomic mass is 19.1. The van der Waals surface area contributed by atoms with Gasteiger partial charge in [-0.25, -0.2) is 14.1 Å². The first-order valence-electron chi connectivity index (χ1n) is 6.56. The molecule has 2 aromatic heterocycles. The van der Waals surface area contributed by atoms with Crippen LogP contribution < -0.4 is 5.32 Å². The summed E-state index contributed by atoms with van der Waals surface area (Å²) in [7, 11) is 0. The van der Waals surface area contributed by atoms with E-state index in [1.807, 2.05) is 0 Å². The number of benzene rings is 1. The average Bonchev–Trinajstić information content (AvgIpc) is 2.97. The molecule has 0 aliphatic rings. The van der Waals surface area contributed by atoms with Gasteiger partial charge in [-0.15, -0.1) is 5.10 Å². The Bertz CT molecular complexity index is 770. The van der Waals surface area contributed by atoms with Crippen LogP contribution in [0.4, 0.5) is 10.3 Å². The summed E-state index contributed by atoms with van der Waals surface area (Å²) in [5.74, 6) is -0.376. The lowest BCUT2D eigenvalue weighted by Gasteiger charge is -2.01. The molecule has 22 heavy (non-hydrogen) atoms. The molecule has 0 saturated carbocycles. The van der Waals surface area contributed by atoms with Gasteiger partial charge in [0.25, 0.3) is 5.91 Å². The number of aromatic nitrogens is 4. The van der Waals surface area contributed by atoms with Gasteiger partial charge in [0.15, 0.2) is 0 Å². The molecule has 0 saturated heterocycles. The van der Waals surface area contributed by atoms with Gasteiger partial charge in [-0.2, -0.15) is 0 Å². The highest BCUT2D eigenvalue weighted by Gasteiger charge is 2.08. The number of nitrogens with zero attached hydrogens (tertiary/aromatic N) is 4. The normalized spacial score (nSPS) is 10.4. The van der Waals surface area contributed by atoms with Crippen LogP contribution in [0.15, 0.2) is 55.1 Å². The number of pyridine rings is 1. The average molecular weight is 297 g/mol. The molecule has 0 unspecified atom stereocenters. The molecule has 0 bridgehead atoms. The maximum Gasteiger partial charge on any atom is 0.258 e. The van der Waals surface area contributed by atoms with Gasteiger partial charge >= 0.3 is 0 Å². The summed E-state index contributed by atoms with van der Waals surface area (Å²) < 4.78 is 14.4. The summed E-state index contributed by atoms with van der Waals surface area (Å²) >= 11 is 0. The van der Waals surface area contributed by atoms with E-state index in [1.54, 1.807) is 28.9 Å². The molecule has 3 aromatic rings. The third-order valence-electron chi connectivity index (χ3n) is 2.96. The van der Waals surface area contributed by atoms with Gasteiger partial charge in [0.2, 0.25) is 5.95 Å². The van der Waals surface area contributed by atoms with Crippen LogP contribution in [-0.4, -0.2) is 25.7 Å². The number of hydrogen-bond acceptors (Lipinski definition) is 4. The smallest absolute Gasteiger partial charge is 0.258 e. The first kappa shape index (κ1) is 13.9. The van der Waals surface area contributed by atoms with Crippen molar-refractivity contribution >= 4 is 11.9 Å². The number of hydrogen-bond donors (Lipinski definition) is 1. The van der Waals surface area contributed by atoms with Crippen molar-refractivity contribution in [2.24, 2.45) is 0 Å². The SMILES string of the molecule is O=C(Nc1ncn(Cc2ccc(F)cc2)n1)c1ccncc1. The third kappa shape index (κ3) is 3.32. The highest BCUT2D eigenvalue weighted by molar-refractivity contribution is 6.03. The summed E-state index contributed by atoms with van der Waals surface area (Å²) in [4.78, 5) is 19.8. The molecular weight excluding hydrogens is 285 g/mol. The van der Waals surface area contributed by atoms with Crippen LogP contribution in [0.2, 0.25) is 0 Å². The number of carbonyl (C=O) groups excluding carboxylic acids is 1. The summed E-state index contributed by atoms with van der Waals surface area (Å²) in [6, 6.07) is 9.32. The molecule has 1 aromatic carbocycles. The molecular formula is C15H12FN5O. The van der Waals surface area contributed by atoms with E-state index in [1.165, 1.54) is 30.9 Å². The molecule has 7 heteroatoms. The van der Waals surface area contributed by atoms with Gasteiger partial charge in [0.05, 0.1) is 6.54 Å². The quantitative estimate of drug-likeness (QED) is 0.800. The number of anilines is 1. The van der Waals surface area contributed by atoms with Gasteiger partial charge < -0.3 is 0 Å². The predicted octanol–water partition coefficient (Wildman–Crippen LogP) is 2.11. The Kier molecular flexibility index (Phi) is 3.86. The molecule has 0 spiro atoms. The topological polar surface area (TPSA) is 72.7 Å². The standard InChI is InChI=1S/C15H12FN5O/c16-13-3-1-11(2-4-13)9-21-10-18-15(20-21)19-14(22)12-5-7-17-8-6-12/h1-8,10H,9H2,(H,19,20,22). The summed E-state index contributed by atoms with van der Waals surface area (Å²) in [6.45, 7) is 0.443. The van der Waals surface area contributed by atoms with E-state index in [-0.39, 0.29) is 17.7 Å². The van der Waals surface area contributed by atoms with Crippen molar-refractivity contribution in [3.63, 3.8) is 0 Å². The summed E-state index contributed by atoms with van der Waals surface area (Å²) in [5, 5.41) is 6.76. The fourth-order valence-corrected chi connectivity index (χ4v) is 1.88. The Hall–Kier alpha value is -3.09. The van der Waals surface area contributed by atoms with Crippen molar-refractivity contribution < 1.29 is 9.18 Å². The Labute approximate surface area is 125 Å². The summed E-state index contributed by atoms with van der Waals surface area (Å²) in [5.41, 5.74) is 1.36. The zero-order valence-corrected chi connectivity index (χ0v) is 11.5. The van der Waals surface area contributed by atoms with E-state index >= 15 is 0 Å². The van der Waals surface area contributed by atoms with Crippen LogP contribution >= 0.6 is 0 Å². The first-order chi connectivity index (χ1) is 10.7. The molecule has 0 radical (unpaired) electrons. The van der Waals surface area contributed by atoms with Gasteiger partial charge in [0, 0.05) is 18.0 Å². The van der Waals surface area contributed by atoms with Crippen molar-refractivity contribution in [1.82, 2.24) is 19.7 Å². The number of nitrogens with one attached hydrogen (secondary N) is 1. The van der Waals surface area contributed by atoms with Gasteiger partial charge in [-0.05, 0) is 29.8 Å². The summed E-state index contributed by atoms with van der Waals surface area (Å²) in [6.07, 6.45) is 4.58. The largest absolute Gasteiger partial charge is 0.289 e. The van der Waals surface area contributed by atoms with Crippen LogP contribution in [0.1, 0.15) is 15.9 Å². The van der Waals surface area contributed by atoms with Crippen molar-refractivity contribution in [2.75, 3.05) is 5.32 Å². The Morgan fingerprint density at radius 2 is 1.86 bits per heavy atom. The lowest BCUT2D eigenvalue weighted by Crippen LogP contribution is -2.13. The van der Waals surface area contributed by atoms with Crippen LogP contribution in [0.3, 0.4) is 0 Å². The minimum atomic E-state index is -0.304. The zero-order valence-electron chi connectivity index (χ0n) is 11.5. The van der Waals surface area contributed by atoms with E-state index in [0.717, 1.165) is 5.56 Å². The van der Waals surface area contributed by atoms with Crippen molar-refractivity contribution in [1.29, 1.82) is 0 Å². The number of rotatable bonds is 4. The van der Waals surface area contributed by atoms with Crippen LogP contribution in [-0.2, 0) is 6.54 Å². The molecule has 0 aliphatic heterocycles. The molecule has 0 aliphatic carbocycles. The van der Waals surface area contributed by atoms with Crippen molar-refractivity contribution in [2.45, 2.75) is 6.54 Å². The monoisotopic (exact) mass is 297 g/mol. The van der Waals surface area contributed by atoms with E-state index in [9.17, 15) is 9.18 Å². The Morgan fingerprint density at radius 3 is 2.59 bits per heavy atom. The maximum absolute atomic E-state index is 12.8. The van der Waals surface area contributed by atoms with E-state index in [4.69, 9.17) is 0 Å². The maximum atomic E-state index is 12.8. The lowest BCUT2D eigenvalue weighted by atomic mass is 10.2. The molecule has 0 fully saturated rings. The second-order valence-corrected chi connectivity index (χ2v) is 4.58. The van der Waals surface area contributed by atoms with Gasteiger partial charge in [0.1, 0.15) is 12.1 Å². The fraction of sp³-hybridized carbons (Fsp3) is 0.0667. The number of halogens is 1. The molecule has 1 N–H and O–H groups in total. The van der Waals surface area contributed by atoms with Crippen molar-refractivity contribution in [3.8, 4) is 0 Å². The minimum Gasteiger partial charge on any atom is -0.289 e. The van der Waals surface area contributed by atoms with Gasteiger partial charge in [-0.3, -0.25) is 15.1 Å². The Morgan fingerprint density at radius 1 is 1.14 bits per heavy atom. The van der Waals surface area contributed by atoms with Crippen molar-refractivity contribution in [3.05, 3.63) is 72.1 Å². The minimum absolute atomic E-state index is 0.212. The fourth-order valence-electron chi connectivity index (χ4n) is 1.88. The second kappa shape index (κ2) is 6.13. The van der Waals surface area contributed by atoms with E-state index < -0.39 is 0 Å². The zero-order chi connectivity index (χ0) is 15.4. The number of carbonyl (C=O) groups is 1. The van der Waals surface area contributed by atoms with E-state index in [0.29, 0.717) is 12.1 Å². The second-order valence-electron chi connectivity index (χ2n) is 4.58. The third-order valence-corrected chi connectivity index (χ3v) is 2.96. The Balaban J connectivity index is 1.66. The molecule has 3 rings (SSSR count). The van der Waals surface area contributed by atoms with Crippen LogP contribution in [0.25, 0.3) is 0 Å². The van der Waals surface area contributed by atoms with Crippen LogP contribution in [0.5, 0.6) is 0 Å². The van der Waals surface area contributed by atoms with Crippen LogP contribution in [0, 0.1) is 5.82 Å².